The van der Waals surface area contributed by atoms with Crippen molar-refractivity contribution in [2.45, 2.75) is 19.9 Å². The minimum absolute atomic E-state index is 0. The Labute approximate surface area is 110 Å². The molecule has 1 rings (SSSR count). The van der Waals surface area contributed by atoms with Gasteiger partial charge in [-0.15, -0.1) is 12.4 Å². The Morgan fingerprint density at radius 1 is 1.44 bits per heavy atom. The predicted octanol–water partition coefficient (Wildman–Crippen LogP) is 3.23. The van der Waals surface area contributed by atoms with Crippen LogP contribution in [-0.2, 0) is 9.53 Å². The molecule has 3 nitrogen and oxygen atoms in total. The van der Waals surface area contributed by atoms with Crippen LogP contribution in [0.1, 0.15) is 13.8 Å². The minimum Gasteiger partial charge on any atom is -0.464 e. The van der Waals surface area contributed by atoms with E-state index in [1.165, 1.54) is 0 Å². The summed E-state index contributed by atoms with van der Waals surface area (Å²) in [4.78, 5) is 11.3. The summed E-state index contributed by atoms with van der Waals surface area (Å²) in [7, 11) is 0. The van der Waals surface area contributed by atoms with Crippen molar-refractivity contribution in [1.82, 2.24) is 0 Å². The second-order valence-electron chi connectivity index (χ2n) is 3.12. The molecule has 0 aliphatic heterocycles. The summed E-state index contributed by atoms with van der Waals surface area (Å²) in [5.41, 5.74) is 0.902. The van der Waals surface area contributed by atoms with Gasteiger partial charge in [-0.2, -0.15) is 0 Å². The molecule has 90 valence electrons. The van der Waals surface area contributed by atoms with E-state index in [9.17, 15) is 4.79 Å². The maximum absolute atomic E-state index is 11.3. The third-order valence-corrected chi connectivity index (χ3v) is 2.40. The minimum atomic E-state index is -0.328. The number of esters is 1. The van der Waals surface area contributed by atoms with Crippen LogP contribution < -0.4 is 5.32 Å². The van der Waals surface area contributed by atoms with Gasteiger partial charge in [0.05, 0.1) is 6.61 Å². The van der Waals surface area contributed by atoms with Gasteiger partial charge in [0.15, 0.2) is 0 Å². The van der Waals surface area contributed by atoms with Crippen LogP contribution in [0.25, 0.3) is 0 Å². The first-order chi connectivity index (χ1) is 7.13. The Kier molecular flexibility index (Phi) is 7.17. The van der Waals surface area contributed by atoms with E-state index >= 15 is 0 Å². The monoisotopic (exact) mass is 307 g/mol. The topological polar surface area (TPSA) is 38.3 Å². The Balaban J connectivity index is 0.00000225. The number of benzene rings is 1. The molecule has 0 fully saturated rings. The summed E-state index contributed by atoms with van der Waals surface area (Å²) in [6.45, 7) is 3.98. The maximum Gasteiger partial charge on any atom is 0.328 e. The van der Waals surface area contributed by atoms with Gasteiger partial charge in [0.25, 0.3) is 0 Å². The van der Waals surface area contributed by atoms with Crippen molar-refractivity contribution in [1.29, 1.82) is 0 Å². The van der Waals surface area contributed by atoms with E-state index in [2.05, 4.69) is 21.2 Å². The number of nitrogens with one attached hydrogen (secondary N) is 1. The Morgan fingerprint density at radius 2 is 2.00 bits per heavy atom. The largest absolute Gasteiger partial charge is 0.464 e. The van der Waals surface area contributed by atoms with Crippen LogP contribution in [0.15, 0.2) is 28.7 Å². The van der Waals surface area contributed by atoms with E-state index in [-0.39, 0.29) is 24.4 Å². The van der Waals surface area contributed by atoms with E-state index in [1.807, 2.05) is 24.3 Å². The smallest absolute Gasteiger partial charge is 0.328 e. The Bertz CT molecular complexity index is 329. The molecule has 0 saturated heterocycles. The van der Waals surface area contributed by atoms with Crippen molar-refractivity contribution in [3.05, 3.63) is 28.7 Å². The highest BCUT2D eigenvalue weighted by Gasteiger charge is 2.12. The number of ether oxygens (including phenoxy) is 1. The van der Waals surface area contributed by atoms with Crippen LogP contribution in [0, 0.1) is 0 Å². The zero-order chi connectivity index (χ0) is 11.3. The summed E-state index contributed by atoms with van der Waals surface area (Å²) >= 11 is 3.35. The predicted molar refractivity (Wildman–Crippen MR) is 71.1 cm³/mol. The second kappa shape index (κ2) is 7.52. The molecule has 0 unspecified atom stereocenters. The maximum atomic E-state index is 11.3. The molecular weight excluding hydrogens is 293 g/mol. The fourth-order valence-electron chi connectivity index (χ4n) is 1.12. The molecule has 1 atom stereocenters. The molecule has 5 heteroatoms. The SMILES string of the molecule is CCOC(=O)[C@H](C)Nc1ccc(Br)cc1.Cl. The van der Waals surface area contributed by atoms with Gasteiger partial charge in [-0.25, -0.2) is 4.79 Å². The lowest BCUT2D eigenvalue weighted by Crippen LogP contribution is -2.28. The lowest BCUT2D eigenvalue weighted by molar-refractivity contribution is -0.143. The lowest BCUT2D eigenvalue weighted by Gasteiger charge is -2.13. The van der Waals surface area contributed by atoms with Crippen molar-refractivity contribution in [2.75, 3.05) is 11.9 Å². The summed E-state index contributed by atoms with van der Waals surface area (Å²) < 4.78 is 5.90. The molecule has 1 aromatic rings. The van der Waals surface area contributed by atoms with E-state index in [1.54, 1.807) is 13.8 Å². The van der Waals surface area contributed by atoms with Crippen molar-refractivity contribution in [3.63, 3.8) is 0 Å². The number of halogens is 2. The zero-order valence-corrected chi connectivity index (χ0v) is 11.6. The molecular formula is C11H15BrClNO2. The van der Waals surface area contributed by atoms with Crippen molar-refractivity contribution >= 4 is 40.0 Å². The van der Waals surface area contributed by atoms with Gasteiger partial charge in [-0.05, 0) is 38.1 Å². The Morgan fingerprint density at radius 3 is 2.50 bits per heavy atom. The standard InChI is InChI=1S/C11H14BrNO2.ClH/c1-3-15-11(14)8(2)13-10-6-4-9(12)5-7-10;/h4-8,13H,3H2,1-2H3;1H/t8-;/m0./s1. The van der Waals surface area contributed by atoms with Crippen LogP contribution in [-0.4, -0.2) is 18.6 Å². The highest BCUT2D eigenvalue weighted by Crippen LogP contribution is 2.14. The van der Waals surface area contributed by atoms with Crippen LogP contribution in [0.2, 0.25) is 0 Å². The number of rotatable bonds is 4. The fourth-order valence-corrected chi connectivity index (χ4v) is 1.39. The van der Waals surface area contributed by atoms with Gasteiger partial charge in [-0.1, -0.05) is 15.9 Å². The van der Waals surface area contributed by atoms with E-state index < -0.39 is 0 Å². The molecule has 1 aromatic carbocycles. The average Bonchev–Trinajstić information content (AvgIpc) is 2.22. The second-order valence-corrected chi connectivity index (χ2v) is 4.04. The molecule has 0 spiro atoms. The molecule has 0 aromatic heterocycles. The van der Waals surface area contributed by atoms with Crippen molar-refractivity contribution < 1.29 is 9.53 Å². The van der Waals surface area contributed by atoms with Gasteiger partial charge in [-0.3, -0.25) is 0 Å². The molecule has 0 bridgehead atoms. The Hall–Kier alpha value is -0.740. The number of anilines is 1. The van der Waals surface area contributed by atoms with Crippen molar-refractivity contribution in [3.8, 4) is 0 Å². The van der Waals surface area contributed by atoms with Gasteiger partial charge >= 0.3 is 5.97 Å². The third-order valence-electron chi connectivity index (χ3n) is 1.87. The highest BCUT2D eigenvalue weighted by atomic mass is 79.9. The average molecular weight is 309 g/mol. The number of carbonyl (C=O) groups excluding carboxylic acids is 1. The van der Waals surface area contributed by atoms with Gasteiger partial charge in [0, 0.05) is 10.2 Å². The third kappa shape index (κ3) is 4.86. The molecule has 0 radical (unpaired) electrons. The molecule has 16 heavy (non-hydrogen) atoms. The van der Waals surface area contributed by atoms with Gasteiger partial charge in [0.2, 0.25) is 0 Å². The number of hydrogen-bond donors (Lipinski definition) is 1. The van der Waals surface area contributed by atoms with Crippen LogP contribution in [0.4, 0.5) is 5.69 Å². The summed E-state index contributed by atoms with van der Waals surface area (Å²) in [6.07, 6.45) is 0. The first-order valence-electron chi connectivity index (χ1n) is 4.82. The number of carbonyl (C=O) groups is 1. The zero-order valence-electron chi connectivity index (χ0n) is 9.20. The van der Waals surface area contributed by atoms with E-state index in [0.717, 1.165) is 10.2 Å². The summed E-state index contributed by atoms with van der Waals surface area (Å²) in [5.74, 6) is -0.236. The van der Waals surface area contributed by atoms with Crippen molar-refractivity contribution in [2.24, 2.45) is 0 Å². The summed E-state index contributed by atoms with van der Waals surface area (Å²) in [5, 5.41) is 3.06. The molecule has 0 heterocycles. The lowest BCUT2D eigenvalue weighted by atomic mass is 10.2. The fraction of sp³-hybridized carbons (Fsp3) is 0.364. The first kappa shape index (κ1) is 15.3. The quantitative estimate of drug-likeness (QED) is 0.868. The van der Waals surface area contributed by atoms with Gasteiger partial charge in [0.1, 0.15) is 6.04 Å². The van der Waals surface area contributed by atoms with Crippen LogP contribution in [0.3, 0.4) is 0 Å². The molecule has 0 aliphatic rings. The normalized spacial score (nSPS) is 11.2. The van der Waals surface area contributed by atoms with Crippen LogP contribution in [0.5, 0.6) is 0 Å². The highest BCUT2D eigenvalue weighted by molar-refractivity contribution is 9.10. The first-order valence-corrected chi connectivity index (χ1v) is 5.61. The van der Waals surface area contributed by atoms with E-state index in [0.29, 0.717) is 6.61 Å². The molecule has 0 saturated carbocycles. The molecule has 1 N–H and O–H groups in total. The summed E-state index contributed by atoms with van der Waals surface area (Å²) in [6, 6.07) is 7.31. The van der Waals surface area contributed by atoms with Crippen LogP contribution >= 0.6 is 28.3 Å². The molecule has 0 aliphatic carbocycles. The van der Waals surface area contributed by atoms with Gasteiger partial charge < -0.3 is 10.1 Å². The molecule has 0 amide bonds. The number of hydrogen-bond acceptors (Lipinski definition) is 3. The van der Waals surface area contributed by atoms with E-state index in [4.69, 9.17) is 4.74 Å².